The number of aromatic amines is 1. The number of fused-ring (bicyclic) bond motifs is 1. The second-order valence-electron chi connectivity index (χ2n) is 5.52. The van der Waals surface area contributed by atoms with Gasteiger partial charge in [0.2, 0.25) is 0 Å². The monoisotopic (exact) mass is 350 g/mol. The third-order valence-corrected chi connectivity index (χ3v) is 4.53. The summed E-state index contributed by atoms with van der Waals surface area (Å²) >= 11 is 1.47. The van der Waals surface area contributed by atoms with Crippen molar-refractivity contribution in [3.8, 4) is 10.7 Å². The number of H-pyrrole nitrogens is 1. The highest BCUT2D eigenvalue weighted by Gasteiger charge is 2.12. The zero-order chi connectivity index (χ0) is 17.2. The van der Waals surface area contributed by atoms with Crippen molar-refractivity contribution in [2.24, 2.45) is 0 Å². The van der Waals surface area contributed by atoms with Gasteiger partial charge < -0.3 is 10.3 Å². The highest BCUT2D eigenvalue weighted by molar-refractivity contribution is 7.13. The SMILES string of the molecule is Cc1ccc2nc(C(=O)NCc3csc(-c4cnccn4)n3)[nH]c2c1. The molecule has 0 unspecified atom stereocenters. The molecule has 0 aliphatic carbocycles. The Morgan fingerprint density at radius 3 is 3.04 bits per heavy atom. The van der Waals surface area contributed by atoms with Crippen molar-refractivity contribution in [3.63, 3.8) is 0 Å². The predicted molar refractivity (Wildman–Crippen MR) is 95.1 cm³/mol. The van der Waals surface area contributed by atoms with E-state index < -0.39 is 0 Å². The summed E-state index contributed by atoms with van der Waals surface area (Å²) in [6, 6.07) is 5.83. The van der Waals surface area contributed by atoms with E-state index >= 15 is 0 Å². The number of carbonyl (C=O) groups is 1. The fourth-order valence-corrected chi connectivity index (χ4v) is 3.18. The number of aromatic nitrogens is 5. The van der Waals surface area contributed by atoms with Gasteiger partial charge in [-0.05, 0) is 24.6 Å². The number of benzene rings is 1. The van der Waals surface area contributed by atoms with Gasteiger partial charge in [0.05, 0.1) is 29.5 Å². The van der Waals surface area contributed by atoms with Gasteiger partial charge in [0.1, 0.15) is 10.7 Å². The van der Waals surface area contributed by atoms with Gasteiger partial charge in [-0.15, -0.1) is 11.3 Å². The van der Waals surface area contributed by atoms with Crippen LogP contribution in [0.4, 0.5) is 0 Å². The number of thiazole rings is 1. The van der Waals surface area contributed by atoms with Gasteiger partial charge in [-0.3, -0.25) is 14.8 Å². The van der Waals surface area contributed by atoms with Crippen LogP contribution in [0.25, 0.3) is 21.7 Å². The van der Waals surface area contributed by atoms with E-state index in [0.29, 0.717) is 12.4 Å². The van der Waals surface area contributed by atoms with Crippen LogP contribution in [0.15, 0.2) is 42.2 Å². The number of nitrogens with zero attached hydrogens (tertiary/aromatic N) is 4. The van der Waals surface area contributed by atoms with Gasteiger partial charge >= 0.3 is 0 Å². The third-order valence-electron chi connectivity index (χ3n) is 3.62. The molecule has 0 aliphatic heterocycles. The van der Waals surface area contributed by atoms with Gasteiger partial charge in [0.15, 0.2) is 5.82 Å². The minimum absolute atomic E-state index is 0.261. The minimum atomic E-state index is -0.261. The van der Waals surface area contributed by atoms with Gasteiger partial charge in [-0.1, -0.05) is 6.07 Å². The standard InChI is InChI=1S/C17H14N6OS/c1-10-2-3-12-13(6-10)23-15(22-12)16(24)20-7-11-9-25-17(21-11)14-8-18-4-5-19-14/h2-6,8-9H,7H2,1H3,(H,20,24)(H,22,23). The topological polar surface area (TPSA) is 96.5 Å². The summed E-state index contributed by atoms with van der Waals surface area (Å²) in [6.45, 7) is 2.32. The molecule has 8 heteroatoms. The Morgan fingerprint density at radius 1 is 1.28 bits per heavy atom. The Hall–Kier alpha value is -3.13. The second-order valence-corrected chi connectivity index (χ2v) is 6.38. The maximum absolute atomic E-state index is 12.3. The lowest BCUT2D eigenvalue weighted by Crippen LogP contribution is -2.24. The maximum atomic E-state index is 12.3. The molecule has 124 valence electrons. The highest BCUT2D eigenvalue weighted by Crippen LogP contribution is 2.20. The molecular formula is C17H14N6OS. The second kappa shape index (κ2) is 6.40. The maximum Gasteiger partial charge on any atom is 0.287 e. The van der Waals surface area contributed by atoms with Crippen molar-refractivity contribution < 1.29 is 4.79 Å². The van der Waals surface area contributed by atoms with Gasteiger partial charge in [0.25, 0.3) is 5.91 Å². The lowest BCUT2D eigenvalue weighted by Gasteiger charge is -1.99. The fraction of sp³-hybridized carbons (Fsp3) is 0.118. The van der Waals surface area contributed by atoms with Gasteiger partial charge in [-0.25, -0.2) is 9.97 Å². The number of rotatable bonds is 4. The zero-order valence-corrected chi connectivity index (χ0v) is 14.2. The minimum Gasteiger partial charge on any atom is -0.344 e. The lowest BCUT2D eigenvalue weighted by molar-refractivity contribution is 0.0941. The number of aryl methyl sites for hydroxylation is 1. The molecule has 0 bridgehead atoms. The molecule has 1 amide bonds. The molecule has 7 nitrogen and oxygen atoms in total. The average Bonchev–Trinajstić information content (AvgIpc) is 3.27. The number of imidazole rings is 1. The predicted octanol–water partition coefficient (Wildman–Crippen LogP) is 2.71. The van der Waals surface area contributed by atoms with Crippen LogP contribution < -0.4 is 5.32 Å². The van der Waals surface area contributed by atoms with E-state index in [1.165, 1.54) is 11.3 Å². The first-order chi connectivity index (χ1) is 12.2. The van der Waals surface area contributed by atoms with E-state index in [1.54, 1.807) is 18.6 Å². The summed E-state index contributed by atoms with van der Waals surface area (Å²) in [6.07, 6.45) is 4.91. The molecule has 3 heterocycles. The molecule has 4 aromatic rings. The van der Waals surface area contributed by atoms with Crippen molar-refractivity contribution in [1.82, 2.24) is 30.2 Å². The average molecular weight is 350 g/mol. The van der Waals surface area contributed by atoms with E-state index in [4.69, 9.17) is 0 Å². The van der Waals surface area contributed by atoms with Crippen molar-refractivity contribution >= 4 is 28.3 Å². The van der Waals surface area contributed by atoms with Crippen LogP contribution in [0.1, 0.15) is 21.9 Å². The Kier molecular flexibility index (Phi) is 3.95. The first-order valence-corrected chi connectivity index (χ1v) is 8.52. The van der Waals surface area contributed by atoms with Crippen molar-refractivity contribution in [2.45, 2.75) is 13.5 Å². The van der Waals surface area contributed by atoms with Crippen LogP contribution in [0.2, 0.25) is 0 Å². The van der Waals surface area contributed by atoms with Crippen LogP contribution in [-0.2, 0) is 6.54 Å². The molecule has 3 aromatic heterocycles. The molecule has 0 saturated carbocycles. The van der Waals surface area contributed by atoms with Crippen LogP contribution in [0.5, 0.6) is 0 Å². The van der Waals surface area contributed by atoms with Crippen LogP contribution >= 0.6 is 11.3 Å². The molecule has 0 fully saturated rings. The van der Waals surface area contributed by atoms with Crippen molar-refractivity contribution in [1.29, 1.82) is 0 Å². The summed E-state index contributed by atoms with van der Waals surface area (Å²) in [7, 11) is 0. The summed E-state index contributed by atoms with van der Waals surface area (Å²) in [5.74, 6) is 0.0351. The van der Waals surface area contributed by atoms with Gasteiger partial charge in [0, 0.05) is 17.8 Å². The number of hydrogen-bond acceptors (Lipinski definition) is 6. The lowest BCUT2D eigenvalue weighted by atomic mass is 10.2. The number of amides is 1. The Balaban J connectivity index is 1.45. The normalized spacial score (nSPS) is 10.9. The highest BCUT2D eigenvalue weighted by atomic mass is 32.1. The molecule has 0 radical (unpaired) electrons. The van der Waals surface area contributed by atoms with Crippen LogP contribution in [0, 0.1) is 6.92 Å². The summed E-state index contributed by atoms with van der Waals surface area (Å²) < 4.78 is 0. The molecule has 4 rings (SSSR count). The zero-order valence-electron chi connectivity index (χ0n) is 13.4. The Labute approximate surface area is 147 Å². The molecule has 0 saturated heterocycles. The Morgan fingerprint density at radius 2 is 2.20 bits per heavy atom. The van der Waals surface area contributed by atoms with E-state index in [2.05, 4.69) is 30.2 Å². The largest absolute Gasteiger partial charge is 0.344 e. The summed E-state index contributed by atoms with van der Waals surface area (Å²) in [4.78, 5) is 32.4. The summed E-state index contributed by atoms with van der Waals surface area (Å²) in [5, 5.41) is 5.50. The first-order valence-electron chi connectivity index (χ1n) is 7.64. The molecule has 2 N–H and O–H groups in total. The smallest absolute Gasteiger partial charge is 0.287 e. The number of nitrogens with one attached hydrogen (secondary N) is 2. The quantitative estimate of drug-likeness (QED) is 0.590. The summed E-state index contributed by atoms with van der Waals surface area (Å²) in [5.41, 5.74) is 4.23. The van der Waals surface area contributed by atoms with E-state index in [0.717, 1.165) is 33.0 Å². The van der Waals surface area contributed by atoms with E-state index in [1.807, 2.05) is 30.5 Å². The van der Waals surface area contributed by atoms with Crippen molar-refractivity contribution in [3.05, 3.63) is 59.3 Å². The third kappa shape index (κ3) is 3.24. The molecular weight excluding hydrogens is 336 g/mol. The molecule has 25 heavy (non-hydrogen) atoms. The molecule has 1 aromatic carbocycles. The molecule has 0 atom stereocenters. The first kappa shape index (κ1) is 15.4. The van der Waals surface area contributed by atoms with E-state index in [9.17, 15) is 4.79 Å². The van der Waals surface area contributed by atoms with Crippen molar-refractivity contribution in [2.75, 3.05) is 0 Å². The van der Waals surface area contributed by atoms with Crippen LogP contribution in [-0.4, -0.2) is 30.8 Å². The van der Waals surface area contributed by atoms with Gasteiger partial charge in [-0.2, -0.15) is 0 Å². The molecule has 0 spiro atoms. The molecule has 0 aliphatic rings. The van der Waals surface area contributed by atoms with Crippen LogP contribution in [0.3, 0.4) is 0 Å². The Bertz CT molecular complexity index is 1040. The number of carbonyl (C=O) groups excluding carboxylic acids is 1. The number of hydrogen-bond donors (Lipinski definition) is 2. The fourth-order valence-electron chi connectivity index (χ4n) is 2.40. The van der Waals surface area contributed by atoms with E-state index in [-0.39, 0.29) is 5.91 Å².